The van der Waals surface area contributed by atoms with Gasteiger partial charge in [0, 0.05) is 19.5 Å². The summed E-state index contributed by atoms with van der Waals surface area (Å²) in [5, 5.41) is 6.50. The number of para-hydroxylation sites is 1. The molecule has 1 aromatic heterocycles. The lowest BCUT2D eigenvalue weighted by molar-refractivity contribution is 0.315. The summed E-state index contributed by atoms with van der Waals surface area (Å²) in [6.45, 7) is 8.18. The Labute approximate surface area is 148 Å². The third-order valence-electron chi connectivity index (χ3n) is 3.68. The van der Waals surface area contributed by atoms with E-state index in [1.54, 1.807) is 18.4 Å². The quantitative estimate of drug-likeness (QED) is 0.496. The highest BCUT2D eigenvalue weighted by Gasteiger charge is 2.09. The number of aryl methyl sites for hydroxylation is 3. The first-order valence-corrected chi connectivity index (χ1v) is 8.91. The van der Waals surface area contributed by atoms with Crippen LogP contribution in [-0.2, 0) is 6.54 Å². The zero-order valence-corrected chi connectivity index (χ0v) is 15.9. The molecule has 0 saturated heterocycles. The van der Waals surface area contributed by atoms with Crippen LogP contribution in [0.2, 0.25) is 0 Å². The molecule has 0 saturated carbocycles. The van der Waals surface area contributed by atoms with E-state index >= 15 is 0 Å². The van der Waals surface area contributed by atoms with E-state index < -0.39 is 0 Å². The van der Waals surface area contributed by atoms with Gasteiger partial charge in [0.1, 0.15) is 12.4 Å². The van der Waals surface area contributed by atoms with Gasteiger partial charge in [-0.2, -0.15) is 0 Å². The summed E-state index contributed by atoms with van der Waals surface area (Å²) in [5.74, 6) is 1.81. The molecule has 0 aliphatic heterocycles. The molecule has 0 amide bonds. The SMILES string of the molecule is CN=C(NCCOc1c(C)cccc1C)N(C)Cc1csc(C)n1. The fraction of sp³-hybridized carbons (Fsp3) is 0.444. The third kappa shape index (κ3) is 4.96. The number of benzene rings is 1. The monoisotopic (exact) mass is 346 g/mol. The number of ether oxygens (including phenoxy) is 1. The van der Waals surface area contributed by atoms with Crippen molar-refractivity contribution in [2.45, 2.75) is 27.3 Å². The van der Waals surface area contributed by atoms with E-state index in [9.17, 15) is 0 Å². The van der Waals surface area contributed by atoms with E-state index in [1.165, 1.54) is 0 Å². The van der Waals surface area contributed by atoms with Crippen LogP contribution in [0.1, 0.15) is 21.8 Å². The van der Waals surface area contributed by atoms with Gasteiger partial charge in [-0.1, -0.05) is 18.2 Å². The van der Waals surface area contributed by atoms with Gasteiger partial charge in [0.15, 0.2) is 5.96 Å². The molecule has 0 aliphatic rings. The van der Waals surface area contributed by atoms with Crippen molar-refractivity contribution < 1.29 is 4.74 Å². The van der Waals surface area contributed by atoms with Crippen LogP contribution in [0.25, 0.3) is 0 Å². The second-order valence-corrected chi connectivity index (χ2v) is 6.82. The van der Waals surface area contributed by atoms with Crippen LogP contribution in [0, 0.1) is 20.8 Å². The Morgan fingerprint density at radius 2 is 2.00 bits per heavy atom. The topological polar surface area (TPSA) is 49.8 Å². The second-order valence-electron chi connectivity index (χ2n) is 5.76. The lowest BCUT2D eigenvalue weighted by Crippen LogP contribution is -2.40. The van der Waals surface area contributed by atoms with Gasteiger partial charge in [-0.25, -0.2) is 4.98 Å². The fourth-order valence-electron chi connectivity index (χ4n) is 2.53. The molecule has 0 radical (unpaired) electrons. The van der Waals surface area contributed by atoms with Crippen LogP contribution < -0.4 is 10.1 Å². The molecule has 0 unspecified atom stereocenters. The Hall–Kier alpha value is -2.08. The summed E-state index contributed by atoms with van der Waals surface area (Å²) in [5.41, 5.74) is 3.39. The molecule has 1 heterocycles. The predicted octanol–water partition coefficient (Wildman–Crippen LogP) is 3.15. The molecule has 0 aliphatic carbocycles. The Morgan fingerprint density at radius 3 is 2.58 bits per heavy atom. The van der Waals surface area contributed by atoms with E-state index in [0.717, 1.165) is 40.1 Å². The third-order valence-corrected chi connectivity index (χ3v) is 4.50. The van der Waals surface area contributed by atoms with Gasteiger partial charge < -0.3 is 15.0 Å². The summed E-state index contributed by atoms with van der Waals surface area (Å²) in [6, 6.07) is 6.18. The average Bonchev–Trinajstić information content (AvgIpc) is 2.94. The summed E-state index contributed by atoms with van der Waals surface area (Å²) in [4.78, 5) is 10.9. The van der Waals surface area contributed by atoms with Gasteiger partial charge in [-0.15, -0.1) is 11.3 Å². The minimum absolute atomic E-state index is 0.592. The number of aliphatic imine (C=N–C) groups is 1. The van der Waals surface area contributed by atoms with Crippen molar-refractivity contribution in [1.82, 2.24) is 15.2 Å². The molecular formula is C18H26N4OS. The van der Waals surface area contributed by atoms with Gasteiger partial charge in [-0.05, 0) is 31.9 Å². The van der Waals surface area contributed by atoms with Crippen molar-refractivity contribution >= 4 is 17.3 Å². The summed E-state index contributed by atoms with van der Waals surface area (Å²) < 4.78 is 5.92. The maximum Gasteiger partial charge on any atom is 0.193 e. The smallest absolute Gasteiger partial charge is 0.193 e. The number of thiazole rings is 1. The largest absolute Gasteiger partial charge is 0.491 e. The molecule has 1 aromatic carbocycles. The predicted molar refractivity (Wildman–Crippen MR) is 101 cm³/mol. The minimum Gasteiger partial charge on any atom is -0.491 e. The van der Waals surface area contributed by atoms with Crippen molar-refractivity contribution in [3.8, 4) is 5.75 Å². The molecule has 0 spiro atoms. The maximum absolute atomic E-state index is 5.92. The molecule has 130 valence electrons. The summed E-state index contributed by atoms with van der Waals surface area (Å²) in [7, 11) is 3.80. The number of hydrogen-bond acceptors (Lipinski definition) is 4. The van der Waals surface area contributed by atoms with Crippen molar-refractivity contribution in [2.24, 2.45) is 4.99 Å². The standard InChI is InChI=1S/C18H26N4OS/c1-13-7-6-8-14(2)17(13)23-10-9-20-18(19-4)22(5)11-16-12-24-15(3)21-16/h6-8,12H,9-11H2,1-5H3,(H,19,20). The molecular weight excluding hydrogens is 320 g/mol. The maximum atomic E-state index is 5.92. The fourth-order valence-corrected chi connectivity index (χ4v) is 3.13. The zero-order chi connectivity index (χ0) is 17.5. The first-order chi connectivity index (χ1) is 11.5. The second kappa shape index (κ2) is 8.68. The van der Waals surface area contributed by atoms with Crippen LogP contribution in [0.3, 0.4) is 0 Å². The Balaban J connectivity index is 1.81. The van der Waals surface area contributed by atoms with E-state index in [0.29, 0.717) is 13.2 Å². The summed E-state index contributed by atoms with van der Waals surface area (Å²) in [6.07, 6.45) is 0. The van der Waals surface area contributed by atoms with Crippen molar-refractivity contribution in [3.05, 3.63) is 45.4 Å². The van der Waals surface area contributed by atoms with Crippen LogP contribution in [0.15, 0.2) is 28.6 Å². The highest BCUT2D eigenvalue weighted by atomic mass is 32.1. The summed E-state index contributed by atoms with van der Waals surface area (Å²) >= 11 is 1.67. The first-order valence-electron chi connectivity index (χ1n) is 8.03. The number of nitrogens with zero attached hydrogens (tertiary/aromatic N) is 3. The number of guanidine groups is 1. The zero-order valence-electron chi connectivity index (χ0n) is 15.1. The number of rotatable bonds is 6. The molecule has 2 aromatic rings. The Bertz CT molecular complexity index is 676. The molecule has 0 fully saturated rings. The molecule has 1 N–H and O–H groups in total. The Kier molecular flexibility index (Phi) is 6.61. The van der Waals surface area contributed by atoms with Gasteiger partial charge in [0.25, 0.3) is 0 Å². The van der Waals surface area contributed by atoms with Gasteiger partial charge in [-0.3, -0.25) is 4.99 Å². The average molecular weight is 347 g/mol. The molecule has 6 heteroatoms. The molecule has 2 rings (SSSR count). The molecule has 24 heavy (non-hydrogen) atoms. The number of nitrogens with one attached hydrogen (secondary N) is 1. The molecule has 5 nitrogen and oxygen atoms in total. The van der Waals surface area contributed by atoms with Crippen molar-refractivity contribution in [1.29, 1.82) is 0 Å². The van der Waals surface area contributed by atoms with Gasteiger partial charge in [0.05, 0.1) is 23.8 Å². The van der Waals surface area contributed by atoms with E-state index in [2.05, 4.69) is 51.6 Å². The van der Waals surface area contributed by atoms with Crippen LogP contribution in [-0.4, -0.2) is 43.1 Å². The molecule has 0 bridgehead atoms. The van der Waals surface area contributed by atoms with E-state index in [1.807, 2.05) is 20.0 Å². The lowest BCUT2D eigenvalue weighted by Gasteiger charge is -2.21. The Morgan fingerprint density at radius 1 is 1.29 bits per heavy atom. The van der Waals surface area contributed by atoms with Crippen LogP contribution in [0.5, 0.6) is 5.75 Å². The van der Waals surface area contributed by atoms with Crippen LogP contribution in [0.4, 0.5) is 0 Å². The van der Waals surface area contributed by atoms with E-state index in [4.69, 9.17) is 4.74 Å². The highest BCUT2D eigenvalue weighted by Crippen LogP contribution is 2.21. The van der Waals surface area contributed by atoms with Crippen molar-refractivity contribution in [2.75, 3.05) is 27.2 Å². The molecule has 0 atom stereocenters. The van der Waals surface area contributed by atoms with Gasteiger partial charge in [0.2, 0.25) is 0 Å². The van der Waals surface area contributed by atoms with Crippen LogP contribution >= 0.6 is 11.3 Å². The number of hydrogen-bond donors (Lipinski definition) is 1. The number of aromatic nitrogens is 1. The van der Waals surface area contributed by atoms with Crippen molar-refractivity contribution in [3.63, 3.8) is 0 Å². The first kappa shape index (κ1) is 18.3. The normalized spacial score (nSPS) is 11.5. The van der Waals surface area contributed by atoms with Gasteiger partial charge >= 0.3 is 0 Å². The lowest BCUT2D eigenvalue weighted by atomic mass is 10.1. The highest BCUT2D eigenvalue weighted by molar-refractivity contribution is 7.09. The minimum atomic E-state index is 0.592. The van der Waals surface area contributed by atoms with E-state index in [-0.39, 0.29) is 0 Å².